The first-order valence-corrected chi connectivity index (χ1v) is 9.00. The van der Waals surface area contributed by atoms with Gasteiger partial charge in [0.2, 0.25) is 0 Å². The molecule has 2 aromatic heterocycles. The molecule has 0 unspecified atom stereocenters. The van der Waals surface area contributed by atoms with E-state index in [2.05, 4.69) is 53.1 Å². The molecule has 1 aliphatic rings. The first kappa shape index (κ1) is 16.2. The van der Waals surface area contributed by atoms with Crippen LogP contribution in [-0.4, -0.2) is 36.3 Å². The molecule has 1 saturated heterocycles. The molecule has 124 valence electrons. The Labute approximate surface area is 141 Å². The van der Waals surface area contributed by atoms with Crippen molar-refractivity contribution >= 4 is 22.8 Å². The zero-order valence-electron chi connectivity index (χ0n) is 14.0. The second-order valence-corrected chi connectivity index (χ2v) is 6.89. The van der Waals surface area contributed by atoms with Crippen molar-refractivity contribution in [3.05, 3.63) is 33.9 Å². The van der Waals surface area contributed by atoms with Crippen molar-refractivity contribution in [2.45, 2.75) is 33.2 Å². The zero-order chi connectivity index (χ0) is 16.2. The zero-order valence-corrected chi connectivity index (χ0v) is 14.8. The Morgan fingerprint density at radius 3 is 2.74 bits per heavy atom. The van der Waals surface area contributed by atoms with Crippen LogP contribution in [0.25, 0.3) is 0 Å². The molecular formula is C17H24N4OS. The average molecular weight is 332 g/mol. The van der Waals surface area contributed by atoms with Gasteiger partial charge in [-0.15, -0.1) is 11.3 Å². The SMILES string of the molecule is CCc1nc(C)c([C@H](C)Nc2ccc(N3CCOCC3)cn2)s1. The van der Waals surface area contributed by atoms with E-state index in [1.165, 1.54) is 9.88 Å². The fourth-order valence-corrected chi connectivity index (χ4v) is 3.80. The summed E-state index contributed by atoms with van der Waals surface area (Å²) >= 11 is 1.79. The van der Waals surface area contributed by atoms with Crippen molar-refractivity contribution in [3.63, 3.8) is 0 Å². The molecular weight excluding hydrogens is 308 g/mol. The van der Waals surface area contributed by atoms with Crippen molar-refractivity contribution in [1.29, 1.82) is 0 Å². The molecule has 0 spiro atoms. The molecule has 0 saturated carbocycles. The summed E-state index contributed by atoms with van der Waals surface area (Å²) in [5.74, 6) is 0.903. The van der Waals surface area contributed by atoms with Gasteiger partial charge in [0.05, 0.1) is 41.8 Å². The minimum atomic E-state index is 0.217. The molecule has 1 fully saturated rings. The predicted molar refractivity (Wildman–Crippen MR) is 95.5 cm³/mol. The molecule has 3 heterocycles. The Morgan fingerprint density at radius 2 is 2.13 bits per heavy atom. The Balaban J connectivity index is 1.66. The van der Waals surface area contributed by atoms with E-state index in [0.29, 0.717) is 0 Å². The highest BCUT2D eigenvalue weighted by Gasteiger charge is 2.15. The van der Waals surface area contributed by atoms with Gasteiger partial charge >= 0.3 is 0 Å². The van der Waals surface area contributed by atoms with E-state index >= 15 is 0 Å². The van der Waals surface area contributed by atoms with Crippen LogP contribution in [0.5, 0.6) is 0 Å². The summed E-state index contributed by atoms with van der Waals surface area (Å²) < 4.78 is 5.39. The summed E-state index contributed by atoms with van der Waals surface area (Å²) in [5, 5.41) is 4.68. The Morgan fingerprint density at radius 1 is 1.35 bits per heavy atom. The van der Waals surface area contributed by atoms with Crippen LogP contribution in [0.2, 0.25) is 0 Å². The number of nitrogens with zero attached hydrogens (tertiary/aromatic N) is 3. The van der Waals surface area contributed by atoms with Gasteiger partial charge in [-0.2, -0.15) is 0 Å². The fourth-order valence-electron chi connectivity index (χ4n) is 2.79. The summed E-state index contributed by atoms with van der Waals surface area (Å²) in [6.07, 6.45) is 2.93. The van der Waals surface area contributed by atoms with Gasteiger partial charge in [0.1, 0.15) is 5.82 Å². The van der Waals surface area contributed by atoms with Crippen LogP contribution in [0.1, 0.15) is 35.5 Å². The minimum Gasteiger partial charge on any atom is -0.378 e. The lowest BCUT2D eigenvalue weighted by Crippen LogP contribution is -2.36. The van der Waals surface area contributed by atoms with Crippen molar-refractivity contribution < 1.29 is 4.74 Å². The number of nitrogens with one attached hydrogen (secondary N) is 1. The van der Waals surface area contributed by atoms with Gasteiger partial charge in [0.15, 0.2) is 0 Å². The highest BCUT2D eigenvalue weighted by molar-refractivity contribution is 7.11. The molecule has 1 atom stereocenters. The number of rotatable bonds is 5. The number of aromatic nitrogens is 2. The molecule has 1 aliphatic heterocycles. The molecule has 3 rings (SSSR count). The first-order chi connectivity index (χ1) is 11.2. The molecule has 6 heteroatoms. The molecule has 5 nitrogen and oxygen atoms in total. The van der Waals surface area contributed by atoms with Crippen molar-refractivity contribution in [3.8, 4) is 0 Å². The van der Waals surface area contributed by atoms with E-state index in [1.807, 2.05) is 6.20 Å². The molecule has 0 amide bonds. The highest BCUT2D eigenvalue weighted by atomic mass is 32.1. The van der Waals surface area contributed by atoms with Crippen LogP contribution in [0.3, 0.4) is 0 Å². The number of pyridine rings is 1. The molecule has 0 aromatic carbocycles. The van der Waals surface area contributed by atoms with E-state index < -0.39 is 0 Å². The number of anilines is 2. The van der Waals surface area contributed by atoms with E-state index in [0.717, 1.165) is 49.9 Å². The van der Waals surface area contributed by atoms with E-state index in [9.17, 15) is 0 Å². The predicted octanol–water partition coefficient (Wildman–Crippen LogP) is 3.42. The van der Waals surface area contributed by atoms with Gasteiger partial charge in [-0.25, -0.2) is 9.97 Å². The van der Waals surface area contributed by atoms with Crippen LogP contribution in [0.4, 0.5) is 11.5 Å². The number of aryl methyl sites for hydroxylation is 2. The summed E-state index contributed by atoms with van der Waals surface area (Å²) in [4.78, 5) is 12.8. The summed E-state index contributed by atoms with van der Waals surface area (Å²) in [5.41, 5.74) is 2.28. The monoisotopic (exact) mass is 332 g/mol. The smallest absolute Gasteiger partial charge is 0.126 e. The maximum absolute atomic E-state index is 5.39. The number of ether oxygens (including phenoxy) is 1. The van der Waals surface area contributed by atoms with Gasteiger partial charge in [-0.3, -0.25) is 0 Å². The number of hydrogen-bond donors (Lipinski definition) is 1. The second-order valence-electron chi connectivity index (χ2n) is 5.78. The van der Waals surface area contributed by atoms with Crippen LogP contribution in [0.15, 0.2) is 18.3 Å². The molecule has 1 N–H and O–H groups in total. The third-order valence-corrected chi connectivity index (χ3v) is 5.55. The highest BCUT2D eigenvalue weighted by Crippen LogP contribution is 2.28. The standard InChI is InChI=1S/C17H24N4OS/c1-4-16-20-13(3)17(23-16)12(2)19-15-6-5-14(11-18-15)21-7-9-22-10-8-21/h5-6,11-12H,4,7-10H2,1-3H3,(H,18,19)/t12-/m0/s1. The normalized spacial score (nSPS) is 16.4. The lowest BCUT2D eigenvalue weighted by molar-refractivity contribution is 0.122. The van der Waals surface area contributed by atoms with Crippen LogP contribution < -0.4 is 10.2 Å². The number of thiazole rings is 1. The van der Waals surface area contributed by atoms with Crippen molar-refractivity contribution in [2.75, 3.05) is 36.5 Å². The molecule has 0 bridgehead atoms. The minimum absolute atomic E-state index is 0.217. The first-order valence-electron chi connectivity index (χ1n) is 8.19. The molecule has 0 aliphatic carbocycles. The van der Waals surface area contributed by atoms with Gasteiger partial charge in [-0.1, -0.05) is 6.92 Å². The van der Waals surface area contributed by atoms with Crippen LogP contribution in [0, 0.1) is 6.92 Å². The second kappa shape index (κ2) is 7.27. The van der Waals surface area contributed by atoms with E-state index in [1.54, 1.807) is 11.3 Å². The average Bonchev–Trinajstić information content (AvgIpc) is 2.97. The van der Waals surface area contributed by atoms with Gasteiger partial charge < -0.3 is 15.0 Å². The molecule has 2 aromatic rings. The third kappa shape index (κ3) is 3.82. The van der Waals surface area contributed by atoms with Crippen LogP contribution in [-0.2, 0) is 11.2 Å². The summed E-state index contributed by atoms with van der Waals surface area (Å²) in [6.45, 7) is 9.85. The molecule has 23 heavy (non-hydrogen) atoms. The lowest BCUT2D eigenvalue weighted by Gasteiger charge is -2.28. The Kier molecular flexibility index (Phi) is 5.13. The number of hydrogen-bond acceptors (Lipinski definition) is 6. The quantitative estimate of drug-likeness (QED) is 0.909. The maximum Gasteiger partial charge on any atom is 0.126 e. The topological polar surface area (TPSA) is 50.3 Å². The van der Waals surface area contributed by atoms with Gasteiger partial charge in [-0.05, 0) is 32.4 Å². The van der Waals surface area contributed by atoms with Crippen molar-refractivity contribution in [1.82, 2.24) is 9.97 Å². The third-order valence-electron chi connectivity index (χ3n) is 4.06. The lowest BCUT2D eigenvalue weighted by atomic mass is 10.2. The molecule has 0 radical (unpaired) electrons. The van der Waals surface area contributed by atoms with E-state index in [4.69, 9.17) is 4.74 Å². The Hall–Kier alpha value is -1.66. The van der Waals surface area contributed by atoms with E-state index in [-0.39, 0.29) is 6.04 Å². The maximum atomic E-state index is 5.39. The Bertz CT molecular complexity index is 635. The fraction of sp³-hybridized carbons (Fsp3) is 0.529. The van der Waals surface area contributed by atoms with Crippen molar-refractivity contribution in [2.24, 2.45) is 0 Å². The number of morpholine rings is 1. The van der Waals surface area contributed by atoms with Gasteiger partial charge in [0.25, 0.3) is 0 Å². The largest absolute Gasteiger partial charge is 0.378 e. The van der Waals surface area contributed by atoms with Crippen LogP contribution >= 0.6 is 11.3 Å². The summed E-state index contributed by atoms with van der Waals surface area (Å²) in [7, 11) is 0. The summed E-state index contributed by atoms with van der Waals surface area (Å²) in [6, 6.07) is 4.40. The van der Waals surface area contributed by atoms with Gasteiger partial charge in [0, 0.05) is 18.0 Å².